The van der Waals surface area contributed by atoms with Crippen LogP contribution in [-0.4, -0.2) is 94.1 Å². The molecule has 0 bridgehead atoms. The second-order valence-corrected chi connectivity index (χ2v) is 11.1. The second kappa shape index (κ2) is 11.4. The molecule has 2 aliphatic rings. The van der Waals surface area contributed by atoms with E-state index in [-0.39, 0.29) is 12.0 Å². The lowest BCUT2D eigenvalue weighted by atomic mass is 10.0. The number of hydrogen-bond acceptors (Lipinski definition) is 15. The van der Waals surface area contributed by atoms with Gasteiger partial charge >= 0.3 is 21.3 Å². The van der Waals surface area contributed by atoms with Crippen molar-refractivity contribution < 1.29 is 72.3 Å². The molecule has 2 saturated heterocycles. The summed E-state index contributed by atoms with van der Waals surface area (Å²) in [5, 5.41) is 49.3. The average molecular weight is 580 g/mol. The van der Waals surface area contributed by atoms with Gasteiger partial charge in [0.1, 0.15) is 30.6 Å². The number of aliphatic hydroxyl groups excluding tert-OH is 5. The zero-order valence-corrected chi connectivity index (χ0v) is 20.8. The average Bonchev–Trinajstić information content (AvgIpc) is 3.17. The maximum Gasteiger partial charge on any atom is 0.508 e. The molecule has 11 unspecified atom stereocenters. The van der Waals surface area contributed by atoms with E-state index < -0.39 is 82.3 Å². The fourth-order valence-corrected chi connectivity index (χ4v) is 5.39. The van der Waals surface area contributed by atoms with Crippen LogP contribution in [0.4, 0.5) is 0 Å². The van der Waals surface area contributed by atoms with Gasteiger partial charge in [-0.1, -0.05) is 0 Å². The van der Waals surface area contributed by atoms with Crippen LogP contribution in [0.5, 0.6) is 0 Å². The maximum absolute atomic E-state index is 12.1. The molecule has 37 heavy (non-hydrogen) atoms. The monoisotopic (exact) mass is 580 g/mol. The summed E-state index contributed by atoms with van der Waals surface area (Å²) < 4.78 is 47.6. The SMILES string of the molecule is Cc1cn(C2CC(O)C(C(O)OOP(=O)(O)OP(=O)(O)OC3OC(C)C(O)C(O)C3O)O2)c(=O)[nH]c1=O. The van der Waals surface area contributed by atoms with Gasteiger partial charge in [-0.05, 0) is 13.8 Å². The van der Waals surface area contributed by atoms with E-state index in [9.17, 15) is 54.0 Å². The summed E-state index contributed by atoms with van der Waals surface area (Å²) >= 11 is 0. The third-order valence-electron chi connectivity index (χ3n) is 5.36. The van der Waals surface area contributed by atoms with E-state index in [1.54, 1.807) is 0 Å². The van der Waals surface area contributed by atoms with Crippen molar-refractivity contribution in [2.45, 2.75) is 75.7 Å². The zero-order valence-electron chi connectivity index (χ0n) is 19.0. The van der Waals surface area contributed by atoms with Gasteiger partial charge in [-0.2, -0.15) is 9.20 Å². The Bertz CT molecular complexity index is 1170. The molecule has 0 aromatic carbocycles. The number of ether oxygens (including phenoxy) is 2. The van der Waals surface area contributed by atoms with Gasteiger partial charge in [-0.3, -0.25) is 18.9 Å². The van der Waals surface area contributed by atoms with Crippen molar-refractivity contribution in [3.63, 3.8) is 0 Å². The standard InChI is InChI=1S/C16H26N2O17P2/c1-5-4-18(16(25)17-13(5)23)8-3-7(19)12(31-8)14(24)32-34-37(28,29)35-36(26,27)33-15-11(22)10(21)9(20)6(2)30-15/h4,6-12,14-15,19-22,24H,3H2,1-2H3,(H,26,27)(H,28,29)(H,17,23,25). The topological polar surface area (TPSA) is 286 Å². The van der Waals surface area contributed by atoms with E-state index in [2.05, 4.69) is 18.4 Å². The first-order chi connectivity index (χ1) is 17.0. The number of nitrogens with zero attached hydrogens (tertiary/aromatic N) is 1. The lowest BCUT2D eigenvalue weighted by molar-refractivity contribution is -0.344. The highest BCUT2D eigenvalue weighted by Crippen LogP contribution is 2.61. The van der Waals surface area contributed by atoms with E-state index in [1.807, 2.05) is 4.98 Å². The highest BCUT2D eigenvalue weighted by Gasteiger charge is 2.48. The summed E-state index contributed by atoms with van der Waals surface area (Å²) in [5.74, 6) is 0. The molecule has 0 spiro atoms. The first-order valence-corrected chi connectivity index (χ1v) is 13.4. The Balaban J connectivity index is 1.58. The third kappa shape index (κ3) is 7.18. The van der Waals surface area contributed by atoms with Crippen molar-refractivity contribution in [1.82, 2.24) is 9.55 Å². The van der Waals surface area contributed by atoms with Crippen LogP contribution in [0, 0.1) is 6.92 Å². The van der Waals surface area contributed by atoms with Crippen LogP contribution in [0.2, 0.25) is 0 Å². The Hall–Kier alpha value is -1.38. The van der Waals surface area contributed by atoms with Gasteiger partial charge in [0.15, 0.2) is 6.29 Å². The fourth-order valence-electron chi connectivity index (χ4n) is 3.45. The van der Waals surface area contributed by atoms with Crippen LogP contribution in [0.3, 0.4) is 0 Å². The predicted molar refractivity (Wildman–Crippen MR) is 113 cm³/mol. The molecule has 11 atom stereocenters. The number of H-pyrrole nitrogens is 1. The minimum Gasteiger partial charge on any atom is -0.390 e. The van der Waals surface area contributed by atoms with Crippen LogP contribution < -0.4 is 11.2 Å². The third-order valence-corrected chi connectivity index (χ3v) is 7.76. The van der Waals surface area contributed by atoms with Gasteiger partial charge in [0, 0.05) is 18.2 Å². The first-order valence-electron chi connectivity index (χ1n) is 10.4. The van der Waals surface area contributed by atoms with Crippen molar-refractivity contribution in [3.05, 3.63) is 32.6 Å². The summed E-state index contributed by atoms with van der Waals surface area (Å²) in [6, 6.07) is 0. The minimum absolute atomic E-state index is 0.140. The summed E-state index contributed by atoms with van der Waals surface area (Å²) in [5.41, 5.74) is -1.39. The van der Waals surface area contributed by atoms with E-state index in [4.69, 9.17) is 9.47 Å². The van der Waals surface area contributed by atoms with Gasteiger partial charge < -0.3 is 44.8 Å². The lowest BCUT2D eigenvalue weighted by Gasteiger charge is -2.38. The number of phosphoric ester groups is 1. The van der Waals surface area contributed by atoms with Crippen molar-refractivity contribution in [1.29, 1.82) is 0 Å². The summed E-state index contributed by atoms with van der Waals surface area (Å²) in [6.07, 6.45) is -14.6. The van der Waals surface area contributed by atoms with Gasteiger partial charge in [0.05, 0.1) is 12.2 Å². The Kier molecular flexibility index (Phi) is 9.28. The maximum atomic E-state index is 12.1. The smallest absolute Gasteiger partial charge is 0.390 e. The lowest BCUT2D eigenvalue weighted by Crippen LogP contribution is -2.57. The number of aromatic nitrogens is 2. The first kappa shape index (κ1) is 30.2. The molecule has 2 fully saturated rings. The predicted octanol–water partition coefficient (Wildman–Crippen LogP) is -3.18. The van der Waals surface area contributed by atoms with E-state index >= 15 is 0 Å². The van der Waals surface area contributed by atoms with Crippen LogP contribution in [-0.2, 0) is 37.0 Å². The van der Waals surface area contributed by atoms with Gasteiger partial charge in [0.25, 0.3) is 5.56 Å². The number of aliphatic hydroxyl groups is 5. The molecule has 0 amide bonds. The van der Waals surface area contributed by atoms with Gasteiger partial charge in [-0.25, -0.2) is 13.9 Å². The summed E-state index contributed by atoms with van der Waals surface area (Å²) in [6.45, 7) is 2.63. The second-order valence-electron chi connectivity index (χ2n) is 8.20. The number of rotatable bonds is 9. The normalized spacial score (nSPS) is 36.6. The molecular formula is C16H26N2O17P2. The van der Waals surface area contributed by atoms with Crippen LogP contribution >= 0.6 is 15.6 Å². The minimum atomic E-state index is -5.65. The molecule has 8 N–H and O–H groups in total. The number of phosphoric acid groups is 2. The van der Waals surface area contributed by atoms with E-state index in [0.717, 1.165) is 10.8 Å². The molecule has 2 aliphatic heterocycles. The number of aromatic amines is 1. The summed E-state index contributed by atoms with van der Waals surface area (Å²) in [4.78, 5) is 49.2. The Morgan fingerprint density at radius 2 is 1.73 bits per heavy atom. The van der Waals surface area contributed by atoms with Gasteiger partial charge in [-0.15, -0.1) is 4.67 Å². The molecule has 1 aromatic heterocycles. The molecule has 1 aromatic rings. The Morgan fingerprint density at radius 1 is 1.08 bits per heavy atom. The van der Waals surface area contributed by atoms with Crippen molar-refractivity contribution >= 4 is 15.6 Å². The van der Waals surface area contributed by atoms with Crippen molar-refractivity contribution in [2.75, 3.05) is 0 Å². The number of nitrogens with one attached hydrogen (secondary N) is 1. The molecule has 3 rings (SSSR count). The molecule has 212 valence electrons. The fraction of sp³-hybridized carbons (Fsp3) is 0.750. The molecular weight excluding hydrogens is 554 g/mol. The van der Waals surface area contributed by atoms with E-state index in [1.165, 1.54) is 13.8 Å². The highest BCUT2D eigenvalue weighted by atomic mass is 31.3. The molecule has 0 aliphatic carbocycles. The number of aryl methyl sites for hydroxylation is 1. The molecule has 19 nitrogen and oxygen atoms in total. The van der Waals surface area contributed by atoms with Crippen molar-refractivity contribution in [3.8, 4) is 0 Å². The van der Waals surface area contributed by atoms with E-state index in [0.29, 0.717) is 0 Å². The molecule has 21 heteroatoms. The molecule has 3 heterocycles. The van der Waals surface area contributed by atoms with Crippen LogP contribution in [0.15, 0.2) is 15.8 Å². The Labute approximate surface area is 206 Å². The van der Waals surface area contributed by atoms with Crippen LogP contribution in [0.25, 0.3) is 0 Å². The molecule has 0 saturated carbocycles. The molecule has 0 radical (unpaired) electrons. The van der Waals surface area contributed by atoms with Crippen LogP contribution in [0.1, 0.15) is 25.1 Å². The summed E-state index contributed by atoms with van der Waals surface area (Å²) in [7, 11) is -11.2. The zero-order chi connectivity index (χ0) is 27.9. The Morgan fingerprint density at radius 3 is 2.38 bits per heavy atom. The largest absolute Gasteiger partial charge is 0.508 e. The number of hydrogen-bond donors (Lipinski definition) is 8. The van der Waals surface area contributed by atoms with Gasteiger partial charge in [0.2, 0.25) is 6.29 Å². The van der Waals surface area contributed by atoms with Crippen molar-refractivity contribution in [2.24, 2.45) is 0 Å². The highest BCUT2D eigenvalue weighted by molar-refractivity contribution is 7.61. The quantitative estimate of drug-likeness (QED) is 0.0618.